The SMILES string of the molecule is Cc1cc(C)cc(-c2nnc(SCc3ccc(OC(F)(F)F)cc3)o2)c1. The second-order valence-electron chi connectivity index (χ2n) is 5.73. The average Bonchev–Trinajstić information content (AvgIpc) is 3.01. The summed E-state index contributed by atoms with van der Waals surface area (Å²) in [6, 6.07) is 11.7. The fourth-order valence-corrected chi connectivity index (χ4v) is 3.13. The zero-order valence-corrected chi connectivity index (χ0v) is 14.8. The van der Waals surface area contributed by atoms with Gasteiger partial charge >= 0.3 is 6.36 Å². The van der Waals surface area contributed by atoms with E-state index in [0.717, 1.165) is 22.3 Å². The molecule has 26 heavy (non-hydrogen) atoms. The van der Waals surface area contributed by atoms with E-state index in [4.69, 9.17) is 4.42 Å². The molecule has 3 rings (SSSR count). The maximum absolute atomic E-state index is 12.1. The maximum atomic E-state index is 12.1. The number of aryl methyl sites for hydroxylation is 2. The summed E-state index contributed by atoms with van der Waals surface area (Å²) in [7, 11) is 0. The number of benzene rings is 2. The second kappa shape index (κ2) is 7.41. The predicted octanol–water partition coefficient (Wildman–Crippen LogP) is 5.54. The molecule has 0 fully saturated rings. The Morgan fingerprint density at radius 2 is 1.65 bits per heavy atom. The lowest BCUT2D eigenvalue weighted by Crippen LogP contribution is -2.16. The Hall–Kier alpha value is -2.48. The van der Waals surface area contributed by atoms with Gasteiger partial charge in [-0.15, -0.1) is 23.4 Å². The highest BCUT2D eigenvalue weighted by Gasteiger charge is 2.30. The first-order valence-electron chi connectivity index (χ1n) is 7.68. The third kappa shape index (κ3) is 5.01. The Kier molecular flexibility index (Phi) is 5.22. The number of aromatic nitrogens is 2. The van der Waals surface area contributed by atoms with Crippen LogP contribution in [0.5, 0.6) is 5.75 Å². The zero-order chi connectivity index (χ0) is 18.7. The number of ether oxygens (including phenoxy) is 1. The number of rotatable bonds is 5. The van der Waals surface area contributed by atoms with Crippen LogP contribution in [0.3, 0.4) is 0 Å². The van der Waals surface area contributed by atoms with E-state index in [1.165, 1.54) is 23.9 Å². The van der Waals surface area contributed by atoms with Gasteiger partial charge in [0, 0.05) is 11.3 Å². The molecule has 4 nitrogen and oxygen atoms in total. The van der Waals surface area contributed by atoms with Crippen molar-refractivity contribution in [2.45, 2.75) is 31.2 Å². The van der Waals surface area contributed by atoms with Crippen molar-refractivity contribution in [1.82, 2.24) is 10.2 Å². The zero-order valence-electron chi connectivity index (χ0n) is 14.0. The van der Waals surface area contributed by atoms with E-state index in [-0.39, 0.29) is 5.75 Å². The minimum atomic E-state index is -4.69. The van der Waals surface area contributed by atoms with E-state index >= 15 is 0 Å². The van der Waals surface area contributed by atoms with Crippen LogP contribution >= 0.6 is 11.8 Å². The van der Waals surface area contributed by atoms with Crippen molar-refractivity contribution < 1.29 is 22.3 Å². The van der Waals surface area contributed by atoms with Crippen LogP contribution in [0.1, 0.15) is 16.7 Å². The van der Waals surface area contributed by atoms with E-state index in [2.05, 4.69) is 21.0 Å². The van der Waals surface area contributed by atoms with Crippen LogP contribution < -0.4 is 4.74 Å². The number of hydrogen-bond donors (Lipinski definition) is 0. The van der Waals surface area contributed by atoms with Gasteiger partial charge in [0.05, 0.1) is 0 Å². The van der Waals surface area contributed by atoms with Crippen LogP contribution in [0.15, 0.2) is 52.1 Å². The topological polar surface area (TPSA) is 48.2 Å². The van der Waals surface area contributed by atoms with Crippen molar-refractivity contribution in [3.63, 3.8) is 0 Å². The van der Waals surface area contributed by atoms with Gasteiger partial charge in [-0.1, -0.05) is 41.1 Å². The molecule has 0 radical (unpaired) electrons. The third-order valence-corrected chi connectivity index (χ3v) is 4.28. The summed E-state index contributed by atoms with van der Waals surface area (Å²) in [5.74, 6) is 0.676. The molecular weight excluding hydrogens is 365 g/mol. The number of nitrogens with zero attached hydrogens (tertiary/aromatic N) is 2. The fraction of sp³-hybridized carbons (Fsp3) is 0.222. The lowest BCUT2D eigenvalue weighted by Gasteiger charge is -2.08. The van der Waals surface area contributed by atoms with E-state index in [1.54, 1.807) is 12.1 Å². The number of thioether (sulfide) groups is 1. The van der Waals surface area contributed by atoms with Crippen LogP contribution in [0.2, 0.25) is 0 Å². The normalized spacial score (nSPS) is 11.6. The Balaban J connectivity index is 1.63. The molecule has 0 unspecified atom stereocenters. The molecule has 1 heterocycles. The first-order chi connectivity index (χ1) is 12.3. The molecule has 1 aromatic heterocycles. The van der Waals surface area contributed by atoms with Gasteiger partial charge in [-0.2, -0.15) is 0 Å². The summed E-state index contributed by atoms with van der Waals surface area (Å²) in [6.07, 6.45) is -4.69. The highest BCUT2D eigenvalue weighted by molar-refractivity contribution is 7.98. The van der Waals surface area contributed by atoms with Crippen molar-refractivity contribution in [2.24, 2.45) is 0 Å². The first kappa shape index (κ1) is 18.3. The lowest BCUT2D eigenvalue weighted by atomic mass is 10.1. The summed E-state index contributed by atoms with van der Waals surface area (Å²) in [4.78, 5) is 0. The maximum Gasteiger partial charge on any atom is 0.573 e. The van der Waals surface area contributed by atoms with E-state index < -0.39 is 6.36 Å². The number of hydrogen-bond acceptors (Lipinski definition) is 5. The molecule has 2 aromatic carbocycles. The molecule has 3 aromatic rings. The van der Waals surface area contributed by atoms with E-state index in [9.17, 15) is 13.2 Å². The van der Waals surface area contributed by atoms with Gasteiger partial charge < -0.3 is 9.15 Å². The molecule has 8 heteroatoms. The molecule has 0 bridgehead atoms. The summed E-state index contributed by atoms with van der Waals surface area (Å²) in [6.45, 7) is 3.99. The van der Waals surface area contributed by atoms with Crippen LogP contribution in [-0.2, 0) is 5.75 Å². The van der Waals surface area contributed by atoms with Crippen molar-refractivity contribution in [3.05, 3.63) is 59.2 Å². The molecule has 0 atom stereocenters. The van der Waals surface area contributed by atoms with Gasteiger partial charge in [-0.05, 0) is 43.7 Å². The summed E-state index contributed by atoms with van der Waals surface area (Å²) in [5.41, 5.74) is 3.88. The Morgan fingerprint density at radius 3 is 2.27 bits per heavy atom. The fourth-order valence-electron chi connectivity index (χ4n) is 2.42. The van der Waals surface area contributed by atoms with Gasteiger partial charge in [-0.3, -0.25) is 0 Å². The summed E-state index contributed by atoms with van der Waals surface area (Å²) in [5, 5.41) is 8.46. The smallest absolute Gasteiger partial charge is 0.411 e. The minimum Gasteiger partial charge on any atom is -0.411 e. The Morgan fingerprint density at radius 1 is 1.00 bits per heavy atom. The quantitative estimate of drug-likeness (QED) is 0.544. The average molecular weight is 380 g/mol. The minimum absolute atomic E-state index is 0.249. The number of alkyl halides is 3. The summed E-state index contributed by atoms with van der Waals surface area (Å²) < 4.78 is 46.0. The monoisotopic (exact) mass is 380 g/mol. The standard InChI is InChI=1S/C18H15F3N2O2S/c1-11-7-12(2)9-14(8-11)16-22-23-17(24-16)26-10-13-3-5-15(6-4-13)25-18(19,20)21/h3-9H,10H2,1-2H3. The molecule has 0 amide bonds. The van der Waals surface area contributed by atoms with E-state index in [1.807, 2.05) is 26.0 Å². The van der Waals surface area contributed by atoms with Gasteiger partial charge in [0.15, 0.2) is 0 Å². The highest BCUT2D eigenvalue weighted by atomic mass is 32.2. The largest absolute Gasteiger partial charge is 0.573 e. The van der Waals surface area contributed by atoms with Gasteiger partial charge in [0.2, 0.25) is 5.89 Å². The van der Waals surface area contributed by atoms with Gasteiger partial charge in [0.25, 0.3) is 5.22 Å². The Bertz CT molecular complexity index is 872. The predicted molar refractivity (Wildman–Crippen MR) is 91.9 cm³/mol. The highest BCUT2D eigenvalue weighted by Crippen LogP contribution is 2.28. The van der Waals surface area contributed by atoms with Gasteiger partial charge in [0.1, 0.15) is 5.75 Å². The second-order valence-corrected chi connectivity index (χ2v) is 6.66. The van der Waals surface area contributed by atoms with Crippen LogP contribution in [0, 0.1) is 13.8 Å². The molecule has 0 aliphatic rings. The first-order valence-corrected chi connectivity index (χ1v) is 8.67. The number of halogens is 3. The molecule has 0 aliphatic carbocycles. The van der Waals surface area contributed by atoms with Crippen molar-refractivity contribution >= 4 is 11.8 Å². The van der Waals surface area contributed by atoms with Gasteiger partial charge in [-0.25, -0.2) is 0 Å². The molecule has 0 spiro atoms. The molecule has 136 valence electrons. The van der Waals surface area contributed by atoms with Crippen molar-refractivity contribution in [2.75, 3.05) is 0 Å². The van der Waals surface area contributed by atoms with Crippen LogP contribution in [0.25, 0.3) is 11.5 Å². The summed E-state index contributed by atoms with van der Waals surface area (Å²) >= 11 is 1.31. The molecule has 0 saturated carbocycles. The van der Waals surface area contributed by atoms with E-state index in [0.29, 0.717) is 16.9 Å². The van der Waals surface area contributed by atoms with Crippen molar-refractivity contribution in [1.29, 1.82) is 0 Å². The molecule has 0 aliphatic heterocycles. The molecule has 0 N–H and O–H groups in total. The molecule has 0 saturated heterocycles. The lowest BCUT2D eigenvalue weighted by molar-refractivity contribution is -0.274. The molecular formula is C18H15F3N2O2S. The Labute approximate surface area is 152 Å². The van der Waals surface area contributed by atoms with Crippen LogP contribution in [0.4, 0.5) is 13.2 Å². The third-order valence-electron chi connectivity index (χ3n) is 3.39. The van der Waals surface area contributed by atoms with Crippen LogP contribution in [-0.4, -0.2) is 16.6 Å². The van der Waals surface area contributed by atoms with Crippen molar-refractivity contribution in [3.8, 4) is 17.2 Å².